The first-order chi connectivity index (χ1) is 3.77. The van der Waals surface area contributed by atoms with E-state index >= 15 is 0 Å². The Balaban J connectivity index is 0. The first kappa shape index (κ1) is 10.7. The Morgan fingerprint density at radius 3 is 2.25 bits per heavy atom. The predicted molar refractivity (Wildman–Crippen MR) is 28.6 cm³/mol. The number of hydrogen-bond donors (Lipinski definition) is 2. The van der Waals surface area contributed by atoms with Crippen LogP contribution in [0.15, 0.2) is 4.99 Å². The van der Waals surface area contributed by atoms with E-state index in [4.69, 9.17) is 10.8 Å². The minimum atomic E-state index is -0.447. The number of rotatable bonds is 0. The zero-order chi connectivity index (χ0) is 6.99. The van der Waals surface area contributed by atoms with Crippen molar-refractivity contribution in [1.29, 1.82) is 5.41 Å². The second-order valence-corrected chi connectivity index (χ2v) is 0.597. The van der Waals surface area contributed by atoms with Crippen LogP contribution in [-0.4, -0.2) is 12.0 Å². The van der Waals surface area contributed by atoms with Crippen molar-refractivity contribution in [1.82, 2.24) is 0 Å². The molecule has 0 spiro atoms. The van der Waals surface area contributed by atoms with Crippen molar-refractivity contribution in [3.05, 3.63) is 5.41 Å². The molecule has 0 radical (unpaired) electrons. The fraction of sp³-hybridized carbons (Fsp3) is 0.333. The summed E-state index contributed by atoms with van der Waals surface area (Å²) in [6, 6.07) is 1.34. The average molecular weight is 299 g/mol. The molecule has 0 bridgehead atoms. The molecule has 0 aromatic carbocycles. The van der Waals surface area contributed by atoms with Crippen molar-refractivity contribution < 1.29 is 26.1 Å². The van der Waals surface area contributed by atoms with E-state index < -0.39 is 5.96 Å². The van der Waals surface area contributed by atoms with Gasteiger partial charge in [0.2, 0.25) is 0 Å². The smallest absolute Gasteiger partial charge is 0.111 e. The summed E-state index contributed by atoms with van der Waals surface area (Å²) >= 11 is 1.03. The number of aliphatic imine (C=N–C) groups is 1. The summed E-state index contributed by atoms with van der Waals surface area (Å²) in [4.78, 5) is 2.79. The molecule has 0 saturated heterocycles. The summed E-state index contributed by atoms with van der Waals surface area (Å²) in [5, 5.41) is 13.9. The van der Waals surface area contributed by atoms with Crippen molar-refractivity contribution in [3.8, 4) is 0 Å². The van der Waals surface area contributed by atoms with Crippen LogP contribution in [0.2, 0.25) is 4.43 Å². The van der Waals surface area contributed by atoms with Gasteiger partial charge in [-0.3, -0.25) is 5.41 Å². The molecular weight excluding hydrogens is 293 g/mol. The molecule has 0 atom stereocenters. The van der Waals surface area contributed by atoms with Gasteiger partial charge < -0.3 is 16.1 Å². The summed E-state index contributed by atoms with van der Waals surface area (Å²) in [5.74, 6) is -0.447. The van der Waals surface area contributed by atoms with E-state index in [0.29, 0.717) is 0 Å². The van der Waals surface area contributed by atoms with Crippen molar-refractivity contribution in [2.75, 3.05) is 0 Å². The average Bonchev–Trinajstić information content (AvgIpc) is 1.72. The maximum atomic E-state index is 7.60. The molecule has 0 aliphatic carbocycles. The summed E-state index contributed by atoms with van der Waals surface area (Å²) in [6.45, 7) is 0. The third-order valence-electron chi connectivity index (χ3n) is 0.170. The van der Waals surface area contributed by atoms with Crippen LogP contribution in [-0.2, 0) is 26.1 Å². The monoisotopic (exact) mass is 300 g/mol. The van der Waals surface area contributed by atoms with Crippen LogP contribution >= 0.6 is 0 Å². The number of nitrogens with one attached hydrogen (secondary N) is 1. The van der Waals surface area contributed by atoms with Crippen LogP contribution in [0.4, 0.5) is 0 Å². The molecule has 0 aromatic heterocycles. The molecule has 4 nitrogen and oxygen atoms in total. The van der Waals surface area contributed by atoms with Gasteiger partial charge in [0.25, 0.3) is 0 Å². The Morgan fingerprint density at radius 2 is 2.25 bits per heavy atom. The van der Waals surface area contributed by atoms with E-state index in [-0.39, 0.29) is 0 Å². The molecule has 5 heteroatoms. The van der Waals surface area contributed by atoms with Crippen LogP contribution in [0.5, 0.6) is 0 Å². The van der Waals surface area contributed by atoms with E-state index in [2.05, 4.69) is 15.2 Å². The topological polar surface area (TPSA) is 84.5 Å². The second kappa shape index (κ2) is 9.92. The fourth-order valence-electron chi connectivity index (χ4n) is 0.0539. The molecule has 0 fully saturated rings. The van der Waals surface area contributed by atoms with Crippen LogP contribution in [0.1, 0.15) is 0 Å². The summed E-state index contributed by atoms with van der Waals surface area (Å²) in [7, 11) is 0. The van der Waals surface area contributed by atoms with Crippen molar-refractivity contribution in [2.24, 2.45) is 10.7 Å². The van der Waals surface area contributed by atoms with Gasteiger partial charge in [0.1, 0.15) is 5.96 Å². The Kier molecular flexibility index (Phi) is 13.3. The molecule has 0 aromatic rings. The first-order valence-corrected chi connectivity index (χ1v) is 7.41. The Labute approximate surface area is 64.2 Å². The van der Waals surface area contributed by atoms with Crippen LogP contribution in [0.25, 0.3) is 5.41 Å². The molecule has 0 rings (SSSR count). The summed E-state index contributed by atoms with van der Waals surface area (Å²) in [5.41, 5.74) is 4.60. The molecule has 0 saturated carbocycles. The quantitative estimate of drug-likeness (QED) is 0.374. The van der Waals surface area contributed by atoms with Gasteiger partial charge in [-0.2, -0.15) is 0 Å². The molecule has 3 N–H and O–H groups in total. The molecule has 40 valence electrons. The van der Waals surface area contributed by atoms with Crippen LogP contribution in [0, 0.1) is 5.41 Å². The molecule has 0 aliphatic heterocycles. The van der Waals surface area contributed by atoms with Gasteiger partial charge >= 0.3 is 30.6 Å². The van der Waals surface area contributed by atoms with Gasteiger partial charge in [0.15, 0.2) is 0 Å². The largest absolute Gasteiger partial charge is 0.422 e. The fourth-order valence-corrected chi connectivity index (χ4v) is 0.0539. The summed E-state index contributed by atoms with van der Waals surface area (Å²) < 4.78 is 2.19. The van der Waals surface area contributed by atoms with E-state index in [9.17, 15) is 0 Å². The Bertz CT molecular complexity index is 104. The molecule has 0 heterocycles. The minimum Gasteiger partial charge on any atom is -0.422 e. The van der Waals surface area contributed by atoms with Gasteiger partial charge in [-0.15, -0.1) is 6.01 Å². The zero-order valence-corrected chi connectivity index (χ0v) is 10.2. The number of nitrogens with zero attached hydrogens (tertiary/aromatic N) is 2. The zero-order valence-electron chi connectivity index (χ0n) is 4.68. The molecule has 0 aliphatic rings. The predicted octanol–water partition coefficient (Wildman–Crippen LogP) is 0.204. The maximum absolute atomic E-state index is 7.60. The third kappa shape index (κ3) is 17.1. The molecule has 8 heavy (non-hydrogen) atoms. The van der Waals surface area contributed by atoms with E-state index in [0.717, 1.165) is 26.1 Å². The third-order valence-corrected chi connectivity index (χ3v) is 0.170. The van der Waals surface area contributed by atoms with Crippen molar-refractivity contribution in [3.63, 3.8) is 0 Å². The van der Waals surface area contributed by atoms with Gasteiger partial charge in [-0.05, 0) is 0 Å². The summed E-state index contributed by atoms with van der Waals surface area (Å²) in [6.07, 6.45) is 0. The van der Waals surface area contributed by atoms with Gasteiger partial charge in [0, 0.05) is 0 Å². The standard InChI is InChI=1S/C2H3N4.CH3.Hg/c3-1-6-2(4)5;;/h(H3,4,5);1H3;/q-1;;+1. The van der Waals surface area contributed by atoms with E-state index in [1.54, 1.807) is 0 Å². The van der Waals surface area contributed by atoms with Gasteiger partial charge in [-0.25, -0.2) is 0 Å². The minimum absolute atomic E-state index is 0.447. The van der Waals surface area contributed by atoms with Crippen molar-refractivity contribution >= 4 is 12.0 Å². The van der Waals surface area contributed by atoms with E-state index in [1.807, 2.05) is 0 Å². The Hall–Kier alpha value is -0.215. The van der Waals surface area contributed by atoms with Crippen molar-refractivity contribution in [2.45, 2.75) is 4.43 Å². The second-order valence-electron chi connectivity index (χ2n) is 0.597. The number of guanidine groups is 1. The number of hydrogen-bond acceptors (Lipinski definition) is 1. The van der Waals surface area contributed by atoms with Gasteiger partial charge in [-0.1, -0.05) is 0 Å². The Morgan fingerprint density at radius 1 is 1.88 bits per heavy atom. The number of nitrogens with two attached hydrogens (primary N) is 1. The van der Waals surface area contributed by atoms with Crippen LogP contribution in [0.3, 0.4) is 0 Å². The molecule has 0 amide bonds. The van der Waals surface area contributed by atoms with E-state index in [1.165, 1.54) is 6.01 Å². The SMILES string of the molecule is [CH3][Hg+].[N-]=C=NC(=N)N. The molecular formula is C3H6HgN4. The maximum Gasteiger partial charge on any atom is 0.111 e. The normalized spacial score (nSPS) is 5.38. The van der Waals surface area contributed by atoms with Gasteiger partial charge in [0.05, 0.1) is 0 Å². The molecule has 0 unspecified atom stereocenters. The van der Waals surface area contributed by atoms with Crippen LogP contribution < -0.4 is 5.73 Å². The first-order valence-electron chi connectivity index (χ1n) is 1.92.